The van der Waals surface area contributed by atoms with Gasteiger partial charge in [-0.25, -0.2) is 0 Å². The van der Waals surface area contributed by atoms with Gasteiger partial charge in [0.1, 0.15) is 17.6 Å². The SMILES string of the molecule is CN=C(NCC(C)Oc1cccc(Cl)c1)N1CCN(Cc2cc(C)on2)CC1. The van der Waals surface area contributed by atoms with Gasteiger partial charge in [-0.3, -0.25) is 9.89 Å². The zero-order valence-corrected chi connectivity index (χ0v) is 17.4. The highest BCUT2D eigenvalue weighted by atomic mass is 35.5. The molecule has 152 valence electrons. The molecule has 0 bridgehead atoms. The van der Waals surface area contributed by atoms with Gasteiger partial charge in [-0.2, -0.15) is 0 Å². The quantitative estimate of drug-likeness (QED) is 0.588. The molecule has 1 unspecified atom stereocenters. The lowest BCUT2D eigenvalue weighted by Crippen LogP contribution is -2.53. The average Bonchev–Trinajstić information content (AvgIpc) is 3.08. The lowest BCUT2D eigenvalue weighted by Gasteiger charge is -2.36. The summed E-state index contributed by atoms with van der Waals surface area (Å²) in [4.78, 5) is 9.08. The van der Waals surface area contributed by atoms with Gasteiger partial charge in [-0.05, 0) is 32.0 Å². The summed E-state index contributed by atoms with van der Waals surface area (Å²) in [5.41, 5.74) is 0.987. The molecule has 1 aliphatic heterocycles. The standard InChI is InChI=1S/C20H28ClN5O2/c1-15-11-18(24-28-15)14-25-7-9-26(10-8-25)20(22-3)23-13-16(2)27-19-6-4-5-17(21)12-19/h4-6,11-12,16H,7-10,13-14H2,1-3H3,(H,22,23). The first-order valence-corrected chi connectivity index (χ1v) is 9.93. The minimum atomic E-state index is -0.00749. The summed E-state index contributed by atoms with van der Waals surface area (Å²) in [6, 6.07) is 9.45. The van der Waals surface area contributed by atoms with Crippen molar-refractivity contribution < 1.29 is 9.26 Å². The molecule has 0 amide bonds. The Morgan fingerprint density at radius 2 is 2.11 bits per heavy atom. The maximum Gasteiger partial charge on any atom is 0.193 e. The van der Waals surface area contributed by atoms with Gasteiger partial charge in [0, 0.05) is 50.9 Å². The highest BCUT2D eigenvalue weighted by molar-refractivity contribution is 6.30. The summed E-state index contributed by atoms with van der Waals surface area (Å²) in [5, 5.41) is 8.17. The lowest BCUT2D eigenvalue weighted by molar-refractivity contribution is 0.167. The minimum Gasteiger partial charge on any atom is -0.489 e. The molecule has 1 atom stereocenters. The van der Waals surface area contributed by atoms with Crippen LogP contribution in [0.4, 0.5) is 0 Å². The molecule has 0 aliphatic carbocycles. The number of rotatable bonds is 6. The molecule has 7 nitrogen and oxygen atoms in total. The Labute approximate surface area is 171 Å². The Bertz CT molecular complexity index is 786. The molecule has 1 saturated heterocycles. The Balaban J connectivity index is 1.43. The van der Waals surface area contributed by atoms with Crippen molar-refractivity contribution in [2.24, 2.45) is 4.99 Å². The first-order valence-electron chi connectivity index (χ1n) is 9.56. The van der Waals surface area contributed by atoms with Crippen molar-refractivity contribution in [3.8, 4) is 5.75 Å². The van der Waals surface area contributed by atoms with Crippen molar-refractivity contribution >= 4 is 17.6 Å². The number of halogens is 1. The van der Waals surface area contributed by atoms with Crippen LogP contribution in [-0.2, 0) is 6.54 Å². The van der Waals surface area contributed by atoms with Crippen molar-refractivity contribution in [3.05, 3.63) is 46.8 Å². The Morgan fingerprint density at radius 1 is 1.32 bits per heavy atom. The predicted molar refractivity (Wildman–Crippen MR) is 111 cm³/mol. The molecule has 2 heterocycles. The van der Waals surface area contributed by atoms with E-state index < -0.39 is 0 Å². The molecular formula is C20H28ClN5O2. The Kier molecular flexibility index (Phi) is 7.17. The second kappa shape index (κ2) is 9.80. The van der Waals surface area contributed by atoms with Crippen LogP contribution in [0.25, 0.3) is 0 Å². The summed E-state index contributed by atoms with van der Waals surface area (Å²) < 4.78 is 11.1. The molecule has 0 saturated carbocycles. The van der Waals surface area contributed by atoms with Crippen LogP contribution in [0.5, 0.6) is 5.75 Å². The molecular weight excluding hydrogens is 378 g/mol. The van der Waals surface area contributed by atoms with Gasteiger partial charge in [0.15, 0.2) is 5.96 Å². The summed E-state index contributed by atoms with van der Waals surface area (Å²) in [6.07, 6.45) is -0.00749. The molecule has 0 spiro atoms. The molecule has 0 radical (unpaired) electrons. The maximum absolute atomic E-state index is 6.01. The fraction of sp³-hybridized carbons (Fsp3) is 0.500. The minimum absolute atomic E-state index is 0.00749. The molecule has 1 fully saturated rings. The van der Waals surface area contributed by atoms with Crippen LogP contribution in [-0.4, -0.2) is 66.8 Å². The number of aryl methyl sites for hydroxylation is 1. The Morgan fingerprint density at radius 3 is 2.75 bits per heavy atom. The van der Waals surface area contributed by atoms with Gasteiger partial charge < -0.3 is 19.5 Å². The van der Waals surface area contributed by atoms with E-state index in [2.05, 4.69) is 25.3 Å². The van der Waals surface area contributed by atoms with Gasteiger partial charge in [0.25, 0.3) is 0 Å². The zero-order valence-electron chi connectivity index (χ0n) is 16.7. The molecule has 1 N–H and O–H groups in total. The fourth-order valence-corrected chi connectivity index (χ4v) is 3.40. The smallest absolute Gasteiger partial charge is 0.193 e. The number of hydrogen-bond donors (Lipinski definition) is 1. The summed E-state index contributed by atoms with van der Waals surface area (Å²) in [6.45, 7) is 9.18. The number of guanidine groups is 1. The predicted octanol–water partition coefficient (Wildman–Crippen LogP) is 2.80. The second-order valence-corrected chi connectivity index (χ2v) is 7.44. The maximum atomic E-state index is 6.01. The van der Waals surface area contributed by atoms with E-state index in [0.717, 1.165) is 55.9 Å². The van der Waals surface area contributed by atoms with Crippen molar-refractivity contribution in [2.45, 2.75) is 26.5 Å². The first kappa shape index (κ1) is 20.5. The highest BCUT2D eigenvalue weighted by Crippen LogP contribution is 2.18. The Hall–Kier alpha value is -2.25. The molecule has 3 rings (SSSR count). The monoisotopic (exact) mass is 405 g/mol. The van der Waals surface area contributed by atoms with E-state index in [0.29, 0.717) is 11.6 Å². The average molecular weight is 406 g/mol. The third-order valence-corrected chi connectivity index (χ3v) is 4.86. The van der Waals surface area contributed by atoms with Crippen LogP contribution < -0.4 is 10.1 Å². The molecule has 1 aliphatic rings. The van der Waals surface area contributed by atoms with Gasteiger partial charge in [0.05, 0.1) is 12.2 Å². The third-order valence-electron chi connectivity index (χ3n) is 4.63. The second-order valence-electron chi connectivity index (χ2n) is 7.01. The van der Waals surface area contributed by atoms with E-state index in [9.17, 15) is 0 Å². The van der Waals surface area contributed by atoms with E-state index in [1.54, 1.807) is 0 Å². The van der Waals surface area contributed by atoms with Crippen molar-refractivity contribution in [3.63, 3.8) is 0 Å². The van der Waals surface area contributed by atoms with Gasteiger partial charge >= 0.3 is 0 Å². The molecule has 8 heteroatoms. The van der Waals surface area contributed by atoms with Gasteiger partial charge in [-0.1, -0.05) is 22.8 Å². The van der Waals surface area contributed by atoms with E-state index in [-0.39, 0.29) is 6.10 Å². The largest absolute Gasteiger partial charge is 0.489 e. The van der Waals surface area contributed by atoms with Gasteiger partial charge in [-0.15, -0.1) is 0 Å². The van der Waals surface area contributed by atoms with Crippen LogP contribution >= 0.6 is 11.6 Å². The van der Waals surface area contributed by atoms with Crippen LogP contribution in [0, 0.1) is 6.92 Å². The summed E-state index contributed by atoms with van der Waals surface area (Å²) in [7, 11) is 1.81. The van der Waals surface area contributed by atoms with Crippen molar-refractivity contribution in [1.29, 1.82) is 0 Å². The number of aliphatic imine (C=N–C) groups is 1. The molecule has 28 heavy (non-hydrogen) atoms. The number of nitrogens with one attached hydrogen (secondary N) is 1. The number of hydrogen-bond acceptors (Lipinski definition) is 5. The number of nitrogens with zero attached hydrogens (tertiary/aromatic N) is 4. The van der Waals surface area contributed by atoms with Gasteiger partial charge in [0.2, 0.25) is 0 Å². The van der Waals surface area contributed by atoms with E-state index in [1.165, 1.54) is 0 Å². The van der Waals surface area contributed by atoms with Crippen LogP contribution in [0.2, 0.25) is 5.02 Å². The molecule has 1 aromatic carbocycles. The normalized spacial score (nSPS) is 16.9. The first-order chi connectivity index (χ1) is 13.5. The van der Waals surface area contributed by atoms with Crippen LogP contribution in [0.1, 0.15) is 18.4 Å². The summed E-state index contributed by atoms with van der Waals surface area (Å²) in [5.74, 6) is 2.53. The molecule has 2 aromatic rings. The number of aromatic nitrogens is 1. The van der Waals surface area contributed by atoms with Crippen molar-refractivity contribution in [1.82, 2.24) is 20.3 Å². The topological polar surface area (TPSA) is 66.1 Å². The van der Waals surface area contributed by atoms with E-state index in [1.807, 2.05) is 51.2 Å². The van der Waals surface area contributed by atoms with Crippen LogP contribution in [0.15, 0.2) is 39.8 Å². The number of benzene rings is 1. The summed E-state index contributed by atoms with van der Waals surface area (Å²) >= 11 is 6.01. The number of piperazine rings is 1. The molecule has 1 aromatic heterocycles. The van der Waals surface area contributed by atoms with E-state index in [4.69, 9.17) is 20.9 Å². The van der Waals surface area contributed by atoms with E-state index >= 15 is 0 Å². The lowest BCUT2D eigenvalue weighted by atomic mass is 10.3. The fourth-order valence-electron chi connectivity index (χ4n) is 3.22. The van der Waals surface area contributed by atoms with Crippen molar-refractivity contribution in [2.75, 3.05) is 39.8 Å². The number of ether oxygens (including phenoxy) is 1. The zero-order chi connectivity index (χ0) is 19.9. The highest BCUT2D eigenvalue weighted by Gasteiger charge is 2.21. The van der Waals surface area contributed by atoms with Crippen LogP contribution in [0.3, 0.4) is 0 Å². The third kappa shape index (κ3) is 5.87.